The van der Waals surface area contributed by atoms with Gasteiger partial charge in [-0.25, -0.2) is 14.8 Å². The van der Waals surface area contributed by atoms with Crippen molar-refractivity contribution in [3.8, 4) is 0 Å². The molecule has 0 aromatic carbocycles. The normalized spacial score (nSPS) is 10.6. The van der Waals surface area contributed by atoms with Gasteiger partial charge in [-0.2, -0.15) is 0 Å². The predicted molar refractivity (Wildman–Crippen MR) is 67.8 cm³/mol. The monoisotopic (exact) mass is 303 g/mol. The third-order valence-electron chi connectivity index (χ3n) is 1.92. The van der Waals surface area contributed by atoms with E-state index in [-0.39, 0.29) is 9.90 Å². The highest BCUT2D eigenvalue weighted by atomic mass is 35.5. The van der Waals surface area contributed by atoms with Crippen molar-refractivity contribution in [2.24, 2.45) is 0 Å². The Hall–Kier alpha value is -1.38. The molecule has 0 fully saturated rings. The summed E-state index contributed by atoms with van der Waals surface area (Å²) in [5.41, 5.74) is -0.0168. The van der Waals surface area contributed by atoms with Gasteiger partial charge in [-0.15, -0.1) is 0 Å². The number of aromatic nitrogens is 3. The van der Waals surface area contributed by atoms with Crippen LogP contribution in [0.2, 0.25) is 5.02 Å². The Labute approximate surface area is 114 Å². The van der Waals surface area contributed by atoms with Crippen LogP contribution < -0.4 is 5.56 Å². The van der Waals surface area contributed by atoms with Crippen molar-refractivity contribution in [1.29, 1.82) is 0 Å². The summed E-state index contributed by atoms with van der Waals surface area (Å²) in [6.45, 7) is 1.61. The van der Waals surface area contributed by atoms with Crippen molar-refractivity contribution in [3.63, 3.8) is 0 Å². The lowest BCUT2D eigenvalue weighted by Crippen LogP contribution is -2.07. The zero-order chi connectivity index (χ0) is 13.3. The molecule has 0 unspecified atom stereocenters. The zero-order valence-corrected chi connectivity index (χ0v) is 11.3. The van der Waals surface area contributed by atoms with E-state index in [1.165, 1.54) is 6.33 Å². The topological polar surface area (TPSA) is 95.9 Å². The first-order chi connectivity index (χ1) is 8.49. The second-order valence-electron chi connectivity index (χ2n) is 3.15. The third kappa shape index (κ3) is 2.55. The summed E-state index contributed by atoms with van der Waals surface area (Å²) in [5, 5.41) is 9.17. The van der Waals surface area contributed by atoms with Crippen LogP contribution in [-0.2, 0) is 0 Å². The van der Waals surface area contributed by atoms with Crippen LogP contribution in [0.4, 0.5) is 0 Å². The van der Waals surface area contributed by atoms with Gasteiger partial charge in [0.05, 0.1) is 12.0 Å². The molecule has 9 heteroatoms. The molecule has 2 heterocycles. The number of aromatic carboxylic acids is 1. The molecule has 6 nitrogen and oxygen atoms in total. The number of rotatable bonds is 3. The second-order valence-corrected chi connectivity index (χ2v) is 5.77. The number of halogens is 1. The van der Waals surface area contributed by atoms with Crippen LogP contribution in [0.1, 0.15) is 15.4 Å². The smallest absolute Gasteiger partial charge is 0.347 e. The molecule has 18 heavy (non-hydrogen) atoms. The zero-order valence-electron chi connectivity index (χ0n) is 8.93. The van der Waals surface area contributed by atoms with Gasteiger partial charge in [0.1, 0.15) is 14.9 Å². The molecule has 0 spiro atoms. The number of carboxylic acids is 1. The van der Waals surface area contributed by atoms with Gasteiger partial charge >= 0.3 is 5.97 Å². The van der Waals surface area contributed by atoms with Gasteiger partial charge < -0.3 is 10.1 Å². The van der Waals surface area contributed by atoms with Gasteiger partial charge in [0.2, 0.25) is 0 Å². The molecule has 0 aliphatic heterocycles. The Morgan fingerprint density at radius 3 is 2.94 bits per heavy atom. The van der Waals surface area contributed by atoms with Crippen LogP contribution in [0.25, 0.3) is 0 Å². The molecular weight excluding hydrogens is 298 g/mol. The van der Waals surface area contributed by atoms with Crippen LogP contribution in [-0.4, -0.2) is 26.0 Å². The van der Waals surface area contributed by atoms with E-state index in [0.717, 1.165) is 23.1 Å². The van der Waals surface area contributed by atoms with Gasteiger partial charge in [-0.1, -0.05) is 22.9 Å². The van der Waals surface area contributed by atoms with E-state index in [2.05, 4.69) is 15.0 Å². The molecule has 0 atom stereocenters. The molecule has 0 amide bonds. The van der Waals surface area contributed by atoms with Crippen LogP contribution in [0.5, 0.6) is 0 Å². The molecule has 0 saturated carbocycles. The fourth-order valence-corrected chi connectivity index (χ4v) is 3.28. The van der Waals surface area contributed by atoms with Crippen molar-refractivity contribution < 1.29 is 9.90 Å². The Balaban J connectivity index is 2.35. The van der Waals surface area contributed by atoms with Crippen molar-refractivity contribution >= 4 is 40.7 Å². The Bertz CT molecular complexity index is 667. The standard InChI is InChI=1S/C9H6ClN3O3S2/c1-3-5(8(15)16)17-9(13-3)18-7-4(10)6(14)11-2-12-7/h2H,1H3,(H,15,16)(H,11,12,14). The molecule has 0 aliphatic rings. The Kier molecular flexibility index (Phi) is 3.69. The molecule has 2 aromatic heterocycles. The van der Waals surface area contributed by atoms with E-state index in [4.69, 9.17) is 16.7 Å². The minimum Gasteiger partial charge on any atom is -0.477 e. The van der Waals surface area contributed by atoms with E-state index >= 15 is 0 Å². The molecule has 0 aliphatic carbocycles. The first-order valence-electron chi connectivity index (χ1n) is 4.61. The maximum Gasteiger partial charge on any atom is 0.347 e. The number of carbonyl (C=O) groups is 1. The lowest BCUT2D eigenvalue weighted by Gasteiger charge is -1.97. The van der Waals surface area contributed by atoms with Crippen molar-refractivity contribution in [3.05, 3.63) is 32.3 Å². The summed E-state index contributed by atoms with van der Waals surface area (Å²) in [6, 6.07) is 0. The molecule has 2 N–H and O–H groups in total. The fourth-order valence-electron chi connectivity index (χ4n) is 1.13. The quantitative estimate of drug-likeness (QED) is 0.842. The highest BCUT2D eigenvalue weighted by Crippen LogP contribution is 2.33. The number of nitrogens with zero attached hydrogens (tertiary/aromatic N) is 2. The van der Waals surface area contributed by atoms with Crippen LogP contribution in [0, 0.1) is 6.92 Å². The van der Waals surface area contributed by atoms with E-state index in [9.17, 15) is 9.59 Å². The number of aromatic amines is 1. The maximum atomic E-state index is 11.3. The van der Waals surface area contributed by atoms with Crippen molar-refractivity contribution in [2.45, 2.75) is 16.3 Å². The Morgan fingerprint density at radius 1 is 1.61 bits per heavy atom. The van der Waals surface area contributed by atoms with Gasteiger partial charge in [-0.05, 0) is 18.7 Å². The van der Waals surface area contributed by atoms with Crippen LogP contribution in [0.3, 0.4) is 0 Å². The summed E-state index contributed by atoms with van der Waals surface area (Å²) >= 11 is 7.87. The number of H-pyrrole nitrogens is 1. The molecular formula is C9H6ClN3O3S2. The van der Waals surface area contributed by atoms with Gasteiger partial charge in [0.15, 0.2) is 4.34 Å². The third-order valence-corrected chi connectivity index (χ3v) is 4.59. The van der Waals surface area contributed by atoms with E-state index < -0.39 is 11.5 Å². The number of nitrogens with one attached hydrogen (secondary N) is 1. The lowest BCUT2D eigenvalue weighted by molar-refractivity contribution is 0.0701. The van der Waals surface area contributed by atoms with Gasteiger partial charge in [0, 0.05) is 0 Å². The average Bonchev–Trinajstić information content (AvgIpc) is 2.66. The highest BCUT2D eigenvalue weighted by molar-refractivity contribution is 8.01. The summed E-state index contributed by atoms with van der Waals surface area (Å²) < 4.78 is 0.477. The summed E-state index contributed by atoms with van der Waals surface area (Å²) in [7, 11) is 0. The van der Waals surface area contributed by atoms with Crippen molar-refractivity contribution in [2.75, 3.05) is 0 Å². The minimum absolute atomic E-state index is 0.0350. The number of carboxylic acid groups (broad SMARTS) is 1. The van der Waals surface area contributed by atoms with E-state index in [1.807, 2.05) is 0 Å². The first kappa shape index (κ1) is 13.1. The van der Waals surface area contributed by atoms with Crippen LogP contribution in [0.15, 0.2) is 20.5 Å². The highest BCUT2D eigenvalue weighted by Gasteiger charge is 2.16. The summed E-state index contributed by atoms with van der Waals surface area (Å²) in [4.78, 5) is 32.6. The fraction of sp³-hybridized carbons (Fsp3) is 0.111. The molecule has 0 saturated heterocycles. The van der Waals surface area contributed by atoms with E-state index in [0.29, 0.717) is 15.1 Å². The maximum absolute atomic E-state index is 11.3. The molecule has 2 aromatic rings. The molecule has 94 valence electrons. The van der Waals surface area contributed by atoms with Gasteiger partial charge in [-0.3, -0.25) is 4.79 Å². The molecule has 0 bridgehead atoms. The second kappa shape index (κ2) is 5.09. The SMILES string of the molecule is Cc1nc(Sc2nc[nH]c(=O)c2Cl)sc1C(=O)O. The number of hydrogen-bond donors (Lipinski definition) is 2. The van der Waals surface area contributed by atoms with Crippen molar-refractivity contribution in [1.82, 2.24) is 15.0 Å². The molecule has 0 radical (unpaired) electrons. The summed E-state index contributed by atoms with van der Waals surface area (Å²) in [5.74, 6) is -1.03. The Morgan fingerprint density at radius 2 is 2.33 bits per heavy atom. The largest absolute Gasteiger partial charge is 0.477 e. The minimum atomic E-state index is -1.03. The lowest BCUT2D eigenvalue weighted by atomic mass is 10.4. The predicted octanol–water partition coefficient (Wildman–Crippen LogP) is 2.04. The number of aryl methyl sites for hydroxylation is 1. The first-order valence-corrected chi connectivity index (χ1v) is 6.62. The van der Waals surface area contributed by atoms with Gasteiger partial charge in [0.25, 0.3) is 5.56 Å². The number of hydrogen-bond acceptors (Lipinski definition) is 6. The summed E-state index contributed by atoms with van der Waals surface area (Å²) in [6.07, 6.45) is 1.23. The van der Waals surface area contributed by atoms with Crippen LogP contribution >= 0.6 is 34.7 Å². The molecule has 2 rings (SSSR count). The van der Waals surface area contributed by atoms with E-state index in [1.54, 1.807) is 6.92 Å². The average molecular weight is 304 g/mol. The number of thiazole rings is 1.